The van der Waals surface area contributed by atoms with Crippen LogP contribution in [0.3, 0.4) is 0 Å². The molecule has 1 aliphatic rings. The van der Waals surface area contributed by atoms with Gasteiger partial charge in [0.25, 0.3) is 5.56 Å². The summed E-state index contributed by atoms with van der Waals surface area (Å²) in [5.41, 5.74) is 1.40. The largest absolute Gasteiger partial charge is 0.340 e. The fourth-order valence-electron chi connectivity index (χ4n) is 3.11. The molecule has 0 saturated carbocycles. The molecule has 1 aliphatic heterocycles. The number of aromatic nitrogens is 2. The number of nitrogens with zero attached hydrogens (tertiary/aromatic N) is 3. The van der Waals surface area contributed by atoms with Gasteiger partial charge in [-0.1, -0.05) is 18.2 Å². The van der Waals surface area contributed by atoms with Gasteiger partial charge >= 0.3 is 0 Å². The highest BCUT2D eigenvalue weighted by atomic mass is 32.2. The summed E-state index contributed by atoms with van der Waals surface area (Å²) in [6, 6.07) is 9.29. The van der Waals surface area contributed by atoms with Crippen molar-refractivity contribution in [2.75, 3.05) is 35.7 Å². The van der Waals surface area contributed by atoms with Gasteiger partial charge in [0.2, 0.25) is 11.8 Å². The Kier molecular flexibility index (Phi) is 7.13. The summed E-state index contributed by atoms with van der Waals surface area (Å²) in [6.07, 6.45) is 0. The molecule has 0 bridgehead atoms. The van der Waals surface area contributed by atoms with E-state index in [2.05, 4.69) is 5.32 Å². The lowest BCUT2D eigenvalue weighted by atomic mass is 10.3. The van der Waals surface area contributed by atoms with Crippen molar-refractivity contribution in [2.45, 2.75) is 19.1 Å². The number of carbonyl (C=O) groups excluding carboxylic acids is 2. The SMILES string of the molecule is Cc1c(NC(=O)C(C)SCC(=O)N2CCSCC2)c(=O)n(-c2ccccc2)n1C. The average molecular weight is 435 g/mol. The first-order valence-corrected chi connectivity index (χ1v) is 11.7. The van der Waals surface area contributed by atoms with Gasteiger partial charge in [0, 0.05) is 31.6 Å². The molecule has 1 aromatic heterocycles. The van der Waals surface area contributed by atoms with E-state index in [0.717, 1.165) is 30.3 Å². The Bertz CT molecular complexity index is 933. The molecule has 1 aromatic carbocycles. The Labute approximate surface area is 178 Å². The topological polar surface area (TPSA) is 76.3 Å². The molecule has 1 saturated heterocycles. The molecule has 1 unspecified atom stereocenters. The van der Waals surface area contributed by atoms with Crippen molar-refractivity contribution >= 4 is 41.0 Å². The van der Waals surface area contributed by atoms with E-state index >= 15 is 0 Å². The Balaban J connectivity index is 1.66. The molecule has 3 rings (SSSR count). The summed E-state index contributed by atoms with van der Waals surface area (Å²) in [5, 5.41) is 2.33. The fourth-order valence-corrected chi connectivity index (χ4v) is 4.80. The van der Waals surface area contributed by atoms with Gasteiger partial charge in [-0.05, 0) is 26.0 Å². The first-order valence-electron chi connectivity index (χ1n) is 9.52. The van der Waals surface area contributed by atoms with Crippen molar-refractivity contribution in [3.63, 3.8) is 0 Å². The predicted molar refractivity (Wildman–Crippen MR) is 120 cm³/mol. The number of carbonyl (C=O) groups is 2. The second-order valence-electron chi connectivity index (χ2n) is 6.87. The molecule has 29 heavy (non-hydrogen) atoms. The zero-order valence-corrected chi connectivity index (χ0v) is 18.5. The molecule has 156 valence electrons. The second-order valence-corrected chi connectivity index (χ2v) is 9.43. The predicted octanol–water partition coefficient (Wildman–Crippen LogP) is 2.12. The summed E-state index contributed by atoms with van der Waals surface area (Å²) in [6.45, 7) is 5.10. The van der Waals surface area contributed by atoms with E-state index < -0.39 is 5.25 Å². The van der Waals surface area contributed by atoms with E-state index in [9.17, 15) is 14.4 Å². The van der Waals surface area contributed by atoms with Gasteiger partial charge in [-0.25, -0.2) is 4.68 Å². The Hall–Kier alpha value is -2.13. The second kappa shape index (κ2) is 9.58. The van der Waals surface area contributed by atoms with Gasteiger partial charge in [-0.2, -0.15) is 11.8 Å². The monoisotopic (exact) mass is 434 g/mol. The van der Waals surface area contributed by atoms with Crippen molar-refractivity contribution in [2.24, 2.45) is 7.05 Å². The van der Waals surface area contributed by atoms with Crippen LogP contribution in [0.2, 0.25) is 0 Å². The van der Waals surface area contributed by atoms with Crippen LogP contribution in [-0.4, -0.2) is 61.7 Å². The number of benzene rings is 1. The summed E-state index contributed by atoms with van der Waals surface area (Å²) in [7, 11) is 1.78. The first-order chi connectivity index (χ1) is 13.9. The molecule has 2 aromatic rings. The minimum Gasteiger partial charge on any atom is -0.340 e. The van der Waals surface area contributed by atoms with E-state index in [1.54, 1.807) is 25.6 Å². The molecular weight excluding hydrogens is 408 g/mol. The van der Waals surface area contributed by atoms with Crippen LogP contribution in [0.4, 0.5) is 5.69 Å². The van der Waals surface area contributed by atoms with E-state index in [0.29, 0.717) is 5.69 Å². The zero-order valence-electron chi connectivity index (χ0n) is 16.9. The van der Waals surface area contributed by atoms with E-state index in [1.165, 1.54) is 16.4 Å². The average Bonchev–Trinajstić information content (AvgIpc) is 2.96. The lowest BCUT2D eigenvalue weighted by Crippen LogP contribution is -2.39. The third-order valence-electron chi connectivity index (χ3n) is 4.99. The number of nitrogens with one attached hydrogen (secondary N) is 1. The van der Waals surface area contributed by atoms with Crippen LogP contribution < -0.4 is 10.9 Å². The highest BCUT2D eigenvalue weighted by Gasteiger charge is 2.23. The van der Waals surface area contributed by atoms with Gasteiger partial charge in [-0.15, -0.1) is 11.8 Å². The molecule has 7 nitrogen and oxygen atoms in total. The highest BCUT2D eigenvalue weighted by molar-refractivity contribution is 8.01. The van der Waals surface area contributed by atoms with E-state index in [1.807, 2.05) is 47.0 Å². The van der Waals surface area contributed by atoms with Gasteiger partial charge in [-0.3, -0.25) is 19.1 Å². The van der Waals surface area contributed by atoms with Crippen molar-refractivity contribution < 1.29 is 9.59 Å². The van der Waals surface area contributed by atoms with Crippen LogP contribution >= 0.6 is 23.5 Å². The number of anilines is 1. The molecule has 0 spiro atoms. The van der Waals surface area contributed by atoms with Gasteiger partial charge in [0.1, 0.15) is 5.69 Å². The molecule has 1 fully saturated rings. The van der Waals surface area contributed by atoms with Crippen molar-refractivity contribution in [3.05, 3.63) is 46.4 Å². The Morgan fingerprint density at radius 1 is 1.21 bits per heavy atom. The fraction of sp³-hybridized carbons (Fsp3) is 0.450. The summed E-state index contributed by atoms with van der Waals surface area (Å²) >= 11 is 3.15. The first kappa shape index (κ1) is 21.6. The van der Waals surface area contributed by atoms with E-state index in [4.69, 9.17) is 0 Å². The molecule has 0 aliphatic carbocycles. The molecular formula is C20H26N4O3S2. The molecule has 2 amide bonds. The third kappa shape index (κ3) is 4.90. The summed E-state index contributed by atoms with van der Waals surface area (Å²) in [4.78, 5) is 39.7. The van der Waals surface area contributed by atoms with Crippen LogP contribution in [0.25, 0.3) is 5.69 Å². The van der Waals surface area contributed by atoms with Crippen LogP contribution in [-0.2, 0) is 16.6 Å². The van der Waals surface area contributed by atoms with Gasteiger partial charge in [0.15, 0.2) is 0 Å². The van der Waals surface area contributed by atoms with E-state index in [-0.39, 0.29) is 28.8 Å². The number of rotatable bonds is 6. The Morgan fingerprint density at radius 3 is 2.52 bits per heavy atom. The molecule has 2 heterocycles. The van der Waals surface area contributed by atoms with Crippen molar-refractivity contribution in [1.82, 2.24) is 14.3 Å². The van der Waals surface area contributed by atoms with Crippen LogP contribution in [0.15, 0.2) is 35.1 Å². The smallest absolute Gasteiger partial charge is 0.295 e. The maximum absolute atomic E-state index is 12.9. The van der Waals surface area contributed by atoms with Gasteiger partial charge < -0.3 is 10.2 Å². The van der Waals surface area contributed by atoms with Crippen LogP contribution in [0, 0.1) is 6.92 Å². The minimum absolute atomic E-state index is 0.0669. The Morgan fingerprint density at radius 2 is 1.86 bits per heavy atom. The number of para-hydroxylation sites is 1. The summed E-state index contributed by atoms with van der Waals surface area (Å²) in [5.74, 6) is 1.99. The summed E-state index contributed by atoms with van der Waals surface area (Å²) < 4.78 is 3.25. The quantitative estimate of drug-likeness (QED) is 0.754. The number of thioether (sulfide) groups is 2. The molecule has 1 N–H and O–H groups in total. The zero-order chi connectivity index (χ0) is 21.0. The number of amides is 2. The van der Waals surface area contributed by atoms with Crippen molar-refractivity contribution in [1.29, 1.82) is 0 Å². The number of hydrogen-bond acceptors (Lipinski definition) is 5. The van der Waals surface area contributed by atoms with Gasteiger partial charge in [0.05, 0.1) is 22.4 Å². The van der Waals surface area contributed by atoms with Crippen molar-refractivity contribution in [3.8, 4) is 5.69 Å². The lowest BCUT2D eigenvalue weighted by molar-refractivity contribution is -0.127. The normalized spacial score (nSPS) is 15.2. The van der Waals surface area contributed by atoms with Crippen LogP contribution in [0.5, 0.6) is 0 Å². The standard InChI is InChI=1S/C20H26N4O3S2/c1-14-18(20(27)24(22(14)3)16-7-5-4-6-8-16)21-19(26)15(2)29-13-17(25)23-9-11-28-12-10-23/h4-8,15H,9-13H2,1-3H3,(H,21,26). The number of hydrogen-bond donors (Lipinski definition) is 1. The molecule has 9 heteroatoms. The lowest BCUT2D eigenvalue weighted by Gasteiger charge is -2.26. The van der Waals surface area contributed by atoms with Crippen LogP contribution in [0.1, 0.15) is 12.6 Å². The maximum Gasteiger partial charge on any atom is 0.295 e. The highest BCUT2D eigenvalue weighted by Crippen LogP contribution is 2.18. The maximum atomic E-state index is 12.9. The third-order valence-corrected chi connectivity index (χ3v) is 7.06. The molecule has 0 radical (unpaired) electrons. The minimum atomic E-state index is -0.442. The molecule has 1 atom stereocenters.